The van der Waals surface area contributed by atoms with E-state index in [1.807, 2.05) is 0 Å². The van der Waals surface area contributed by atoms with Crippen molar-refractivity contribution in [1.29, 1.82) is 0 Å². The van der Waals surface area contributed by atoms with Gasteiger partial charge in [-0.3, -0.25) is 4.72 Å². The normalized spacial score (nSPS) is 13.3. The molecule has 0 heterocycles. The lowest BCUT2D eigenvalue weighted by molar-refractivity contribution is -0.137. The van der Waals surface area contributed by atoms with Crippen LogP contribution in [0.2, 0.25) is 5.02 Å². The van der Waals surface area contributed by atoms with Crippen molar-refractivity contribution < 1.29 is 39.6 Å². The Morgan fingerprint density at radius 3 is 2.33 bits per heavy atom. The summed E-state index contributed by atoms with van der Waals surface area (Å²) in [4.78, 5) is 4.99. The van der Waals surface area contributed by atoms with Gasteiger partial charge >= 0.3 is 21.7 Å². The van der Waals surface area contributed by atoms with Gasteiger partial charge in [0.05, 0.1) is 17.0 Å². The molecule has 0 fully saturated rings. The van der Waals surface area contributed by atoms with Gasteiger partial charge in [-0.05, 0) is 42.8 Å². The van der Waals surface area contributed by atoms with Gasteiger partial charge in [0.25, 0.3) is 0 Å². The number of sulfonamides is 1. The van der Waals surface area contributed by atoms with Crippen LogP contribution in [0.4, 0.5) is 32.0 Å². The Hall–Kier alpha value is -2.47. The summed E-state index contributed by atoms with van der Waals surface area (Å²) >= 11 is 5.85. The van der Waals surface area contributed by atoms with E-state index in [4.69, 9.17) is 16.4 Å². The molecule has 0 saturated carbocycles. The van der Waals surface area contributed by atoms with E-state index < -0.39 is 33.0 Å². The fourth-order valence-corrected chi connectivity index (χ4v) is 2.94. The van der Waals surface area contributed by atoms with E-state index in [-0.39, 0.29) is 28.5 Å². The Kier molecular flexibility index (Phi) is 6.92. The highest BCUT2D eigenvalue weighted by molar-refractivity contribution is 7.93. The zero-order chi connectivity index (χ0) is 22.7. The van der Waals surface area contributed by atoms with Gasteiger partial charge in [-0.25, -0.2) is 0 Å². The molecule has 0 spiro atoms. The Balaban J connectivity index is 2.42. The summed E-state index contributed by atoms with van der Waals surface area (Å²) in [5.41, 5.74) is -7.23. The van der Waals surface area contributed by atoms with E-state index in [1.165, 1.54) is 17.7 Å². The van der Waals surface area contributed by atoms with Crippen LogP contribution in [0, 0.1) is 0 Å². The Labute approximate surface area is 172 Å². The number of hydrogen-bond donors (Lipinski definition) is 1. The second-order valence-electron chi connectivity index (χ2n) is 5.75. The smallest absolute Gasteiger partial charge is 0.357 e. The summed E-state index contributed by atoms with van der Waals surface area (Å²) in [7, 11) is -5.73. The van der Waals surface area contributed by atoms with Crippen molar-refractivity contribution in [3.8, 4) is 5.75 Å². The minimum atomic E-state index is -5.73. The summed E-state index contributed by atoms with van der Waals surface area (Å²) in [6, 6.07) is 7.07. The van der Waals surface area contributed by atoms with Crippen LogP contribution in [0.15, 0.2) is 47.6 Å². The number of anilines is 1. The highest BCUT2D eigenvalue weighted by Gasteiger charge is 2.46. The van der Waals surface area contributed by atoms with E-state index in [0.29, 0.717) is 6.07 Å². The number of rotatable bonds is 6. The molecule has 164 valence electrons. The fourth-order valence-electron chi connectivity index (χ4n) is 2.19. The van der Waals surface area contributed by atoms with E-state index >= 15 is 0 Å². The molecule has 1 N–H and O–H groups in total. The molecule has 0 unspecified atom stereocenters. The van der Waals surface area contributed by atoms with Gasteiger partial charge < -0.3 is 4.84 Å². The Morgan fingerprint density at radius 1 is 1.10 bits per heavy atom. The molecule has 30 heavy (non-hydrogen) atoms. The summed E-state index contributed by atoms with van der Waals surface area (Å²) in [6.45, 7) is 1.53. The van der Waals surface area contributed by atoms with Gasteiger partial charge in [0, 0.05) is 10.6 Å². The van der Waals surface area contributed by atoms with Crippen LogP contribution in [0.25, 0.3) is 0 Å². The molecular weight excluding hydrogens is 462 g/mol. The first-order valence-electron chi connectivity index (χ1n) is 8.04. The molecule has 0 aliphatic rings. The lowest BCUT2D eigenvalue weighted by Gasteiger charge is -2.15. The van der Waals surface area contributed by atoms with Gasteiger partial charge in [-0.15, -0.1) is 0 Å². The molecule has 2 aromatic carbocycles. The summed E-state index contributed by atoms with van der Waals surface area (Å²) in [5.74, 6) is -0.282. The van der Waals surface area contributed by atoms with Crippen molar-refractivity contribution in [3.63, 3.8) is 0 Å². The standard InChI is InChI=1S/C17H13ClF6N2O3S/c1-2-14(25-29-12-5-3-4-10(8-12)16(19,20)21)13-9-11(18)6-7-15(13)26-30(27,28)17(22,23)24/h3-9,26H,2H2,1H3/b25-14+. The lowest BCUT2D eigenvalue weighted by atomic mass is 10.1. The van der Waals surface area contributed by atoms with Crippen LogP contribution in [0.1, 0.15) is 24.5 Å². The largest absolute Gasteiger partial charge is 0.516 e. The Bertz CT molecular complexity index is 1050. The third-order valence-electron chi connectivity index (χ3n) is 3.60. The molecule has 5 nitrogen and oxygen atoms in total. The van der Waals surface area contributed by atoms with Crippen LogP contribution in [0.3, 0.4) is 0 Å². The minimum absolute atomic E-state index is 0.0278. The molecule has 2 aromatic rings. The number of oxime groups is 1. The zero-order valence-electron chi connectivity index (χ0n) is 15.0. The highest BCUT2D eigenvalue weighted by Crippen LogP contribution is 2.32. The predicted octanol–water partition coefficient (Wildman–Crippen LogP) is 5.81. The third kappa shape index (κ3) is 5.79. The SMILES string of the molecule is CC/C(=N\Oc1cccc(C(F)(F)F)c1)c1cc(Cl)ccc1NS(=O)(=O)C(F)(F)F. The van der Waals surface area contributed by atoms with Crippen molar-refractivity contribution in [2.24, 2.45) is 5.16 Å². The molecule has 0 bridgehead atoms. The highest BCUT2D eigenvalue weighted by atomic mass is 35.5. The lowest BCUT2D eigenvalue weighted by Crippen LogP contribution is -2.30. The minimum Gasteiger partial charge on any atom is -0.357 e. The number of hydrogen-bond acceptors (Lipinski definition) is 4. The van der Waals surface area contributed by atoms with Gasteiger partial charge in [0.1, 0.15) is 0 Å². The summed E-state index contributed by atoms with van der Waals surface area (Å²) < 4.78 is 101. The number of halogens is 7. The molecule has 0 saturated heterocycles. The molecule has 0 radical (unpaired) electrons. The maximum Gasteiger partial charge on any atom is 0.516 e. The van der Waals surface area contributed by atoms with E-state index in [1.54, 1.807) is 0 Å². The van der Waals surface area contributed by atoms with Crippen LogP contribution < -0.4 is 9.56 Å². The van der Waals surface area contributed by atoms with Crippen molar-refractivity contribution >= 4 is 33.0 Å². The topological polar surface area (TPSA) is 67.8 Å². The average Bonchev–Trinajstić information content (AvgIpc) is 2.63. The first-order valence-corrected chi connectivity index (χ1v) is 9.91. The number of alkyl halides is 6. The second kappa shape index (κ2) is 8.72. The van der Waals surface area contributed by atoms with Crippen LogP contribution in [-0.4, -0.2) is 19.6 Å². The van der Waals surface area contributed by atoms with Crippen molar-refractivity contribution in [2.45, 2.75) is 25.0 Å². The van der Waals surface area contributed by atoms with Crippen molar-refractivity contribution in [3.05, 3.63) is 58.6 Å². The van der Waals surface area contributed by atoms with Gasteiger partial charge in [0.15, 0.2) is 5.75 Å². The van der Waals surface area contributed by atoms with Crippen LogP contribution >= 0.6 is 11.6 Å². The molecular formula is C17H13ClF6N2O3S. The van der Waals surface area contributed by atoms with E-state index in [0.717, 1.165) is 30.3 Å². The molecule has 2 rings (SSSR count). The Morgan fingerprint density at radius 2 is 1.77 bits per heavy atom. The van der Waals surface area contributed by atoms with Crippen LogP contribution in [-0.2, 0) is 16.2 Å². The number of benzene rings is 2. The first-order chi connectivity index (χ1) is 13.7. The number of nitrogens with zero attached hydrogens (tertiary/aromatic N) is 1. The fraction of sp³-hybridized carbons (Fsp3) is 0.235. The van der Waals surface area contributed by atoms with Crippen LogP contribution in [0.5, 0.6) is 5.75 Å². The summed E-state index contributed by atoms with van der Waals surface area (Å²) in [5, 5.41) is 3.73. The monoisotopic (exact) mass is 474 g/mol. The van der Waals surface area contributed by atoms with E-state index in [2.05, 4.69) is 5.16 Å². The van der Waals surface area contributed by atoms with Crippen molar-refractivity contribution in [1.82, 2.24) is 0 Å². The maximum atomic E-state index is 12.8. The molecule has 0 aliphatic heterocycles. The van der Waals surface area contributed by atoms with Gasteiger partial charge in [-0.2, -0.15) is 34.8 Å². The third-order valence-corrected chi connectivity index (χ3v) is 4.93. The first kappa shape index (κ1) is 23.8. The van der Waals surface area contributed by atoms with Crippen molar-refractivity contribution in [2.75, 3.05) is 4.72 Å². The van der Waals surface area contributed by atoms with Gasteiger partial charge in [-0.1, -0.05) is 29.7 Å². The quantitative estimate of drug-likeness (QED) is 0.326. The predicted molar refractivity (Wildman–Crippen MR) is 98.9 cm³/mol. The second-order valence-corrected chi connectivity index (χ2v) is 7.86. The molecule has 0 aliphatic carbocycles. The molecule has 0 atom stereocenters. The molecule has 0 aromatic heterocycles. The zero-order valence-corrected chi connectivity index (χ0v) is 16.5. The summed E-state index contributed by atoms with van der Waals surface area (Å²) in [6.07, 6.45) is -4.59. The molecule has 13 heteroatoms. The average molecular weight is 475 g/mol. The number of nitrogens with one attached hydrogen (secondary N) is 1. The molecule has 0 amide bonds. The maximum absolute atomic E-state index is 12.8. The van der Waals surface area contributed by atoms with E-state index in [9.17, 15) is 34.8 Å². The van der Waals surface area contributed by atoms with Gasteiger partial charge in [0.2, 0.25) is 0 Å².